The molecule has 158 valence electrons. The minimum absolute atomic E-state index is 0.343. The third kappa shape index (κ3) is 6.62. The van der Waals surface area contributed by atoms with E-state index in [4.69, 9.17) is 4.99 Å². The van der Waals surface area contributed by atoms with Crippen LogP contribution < -0.4 is 10.2 Å². The first-order valence-corrected chi connectivity index (χ1v) is 10.4. The fourth-order valence-corrected chi connectivity index (χ4v) is 3.23. The van der Waals surface area contributed by atoms with Gasteiger partial charge in [-0.3, -0.25) is 4.99 Å². The normalized spacial score (nSPS) is 15.6. The summed E-state index contributed by atoms with van der Waals surface area (Å²) in [6.45, 7) is 11.9. The number of rotatable bonds is 8. The highest BCUT2D eigenvalue weighted by molar-refractivity contribution is 5.80. The third-order valence-corrected chi connectivity index (χ3v) is 5.23. The number of nitrogens with zero attached hydrogens (tertiary/aromatic N) is 4. The summed E-state index contributed by atoms with van der Waals surface area (Å²) in [6.07, 6.45) is 2.19. The van der Waals surface area contributed by atoms with Crippen molar-refractivity contribution in [1.82, 2.24) is 15.1 Å². The van der Waals surface area contributed by atoms with Crippen molar-refractivity contribution in [2.24, 2.45) is 4.99 Å². The molecule has 0 aliphatic carbocycles. The van der Waals surface area contributed by atoms with Crippen LogP contribution in [0.25, 0.3) is 0 Å². The van der Waals surface area contributed by atoms with E-state index in [0.717, 1.165) is 57.6 Å². The van der Waals surface area contributed by atoms with Crippen LogP contribution in [0.15, 0.2) is 23.2 Å². The topological polar surface area (TPSA) is 34.1 Å². The summed E-state index contributed by atoms with van der Waals surface area (Å²) in [4.78, 5) is 11.2. The predicted molar refractivity (Wildman–Crippen MR) is 113 cm³/mol. The zero-order chi connectivity index (χ0) is 20.5. The highest BCUT2D eigenvalue weighted by Gasteiger charge is 2.22. The molecule has 1 saturated heterocycles. The molecule has 0 saturated carbocycles. The van der Waals surface area contributed by atoms with Gasteiger partial charge in [0, 0.05) is 51.4 Å². The summed E-state index contributed by atoms with van der Waals surface area (Å²) in [5, 5.41) is 3.36. The van der Waals surface area contributed by atoms with Gasteiger partial charge < -0.3 is 20.0 Å². The smallest absolute Gasteiger partial charge is 0.194 e. The number of nitrogens with one attached hydrogen (secondary N) is 1. The van der Waals surface area contributed by atoms with E-state index in [2.05, 4.69) is 42.9 Å². The lowest BCUT2D eigenvalue weighted by Gasteiger charge is -2.37. The van der Waals surface area contributed by atoms with E-state index in [9.17, 15) is 8.78 Å². The molecule has 5 nitrogen and oxygen atoms in total. The Kier molecular flexibility index (Phi) is 8.96. The molecular weight excluding hydrogens is 360 g/mol. The van der Waals surface area contributed by atoms with Gasteiger partial charge in [0.05, 0.1) is 5.69 Å². The first kappa shape index (κ1) is 22.4. The summed E-state index contributed by atoms with van der Waals surface area (Å²) in [6, 6.07) is 4.20. The van der Waals surface area contributed by atoms with E-state index in [0.29, 0.717) is 24.8 Å². The van der Waals surface area contributed by atoms with Crippen molar-refractivity contribution in [3.63, 3.8) is 0 Å². The molecule has 1 heterocycles. The van der Waals surface area contributed by atoms with E-state index in [1.165, 1.54) is 12.1 Å². The number of guanidine groups is 1. The Balaban J connectivity index is 1.85. The second-order valence-electron chi connectivity index (χ2n) is 7.59. The third-order valence-electron chi connectivity index (χ3n) is 5.23. The Morgan fingerprint density at radius 1 is 1.18 bits per heavy atom. The van der Waals surface area contributed by atoms with Crippen LogP contribution in [-0.4, -0.2) is 74.7 Å². The van der Waals surface area contributed by atoms with Gasteiger partial charge >= 0.3 is 0 Å². The van der Waals surface area contributed by atoms with Crippen LogP contribution in [0.1, 0.15) is 33.6 Å². The van der Waals surface area contributed by atoms with Crippen molar-refractivity contribution in [2.45, 2.75) is 39.7 Å². The summed E-state index contributed by atoms with van der Waals surface area (Å²) in [5.74, 6) is 0.137. The summed E-state index contributed by atoms with van der Waals surface area (Å²) in [7, 11) is 2.15. The average Bonchev–Trinajstić information content (AvgIpc) is 2.68. The van der Waals surface area contributed by atoms with Crippen molar-refractivity contribution >= 4 is 11.6 Å². The minimum atomic E-state index is -0.406. The number of hydrogen-bond acceptors (Lipinski definition) is 3. The lowest BCUT2D eigenvalue weighted by Crippen LogP contribution is -2.52. The van der Waals surface area contributed by atoms with Gasteiger partial charge in [0.15, 0.2) is 5.96 Å². The van der Waals surface area contributed by atoms with E-state index in [-0.39, 0.29) is 5.82 Å². The van der Waals surface area contributed by atoms with Crippen molar-refractivity contribution in [1.29, 1.82) is 0 Å². The Morgan fingerprint density at radius 3 is 2.54 bits per heavy atom. The Labute approximate surface area is 168 Å². The Morgan fingerprint density at radius 2 is 1.89 bits per heavy atom. The van der Waals surface area contributed by atoms with Crippen LogP contribution in [-0.2, 0) is 0 Å². The molecule has 1 aliphatic heterocycles. The first-order chi connectivity index (χ1) is 13.4. The lowest BCUT2D eigenvalue weighted by molar-refractivity contribution is 0.269. The number of unbranched alkanes of at least 4 members (excludes halogenated alkanes) is 1. The molecule has 0 unspecified atom stereocenters. The summed E-state index contributed by atoms with van der Waals surface area (Å²) in [5.41, 5.74) is 0.343. The molecule has 2 rings (SSSR count). The van der Waals surface area contributed by atoms with Crippen molar-refractivity contribution in [3.8, 4) is 0 Å². The molecule has 1 aliphatic rings. The predicted octanol–water partition coefficient (Wildman–Crippen LogP) is 3.17. The molecule has 0 radical (unpaired) electrons. The maximum atomic E-state index is 14.0. The van der Waals surface area contributed by atoms with Crippen molar-refractivity contribution < 1.29 is 8.78 Å². The molecule has 1 aromatic carbocycles. The van der Waals surface area contributed by atoms with E-state index >= 15 is 0 Å². The molecule has 7 heteroatoms. The van der Waals surface area contributed by atoms with Gasteiger partial charge in [-0.1, -0.05) is 0 Å². The highest BCUT2D eigenvalue weighted by Crippen LogP contribution is 2.21. The molecule has 0 spiro atoms. The summed E-state index contributed by atoms with van der Waals surface area (Å²) < 4.78 is 27.5. The van der Waals surface area contributed by atoms with Gasteiger partial charge in [-0.15, -0.1) is 0 Å². The van der Waals surface area contributed by atoms with Gasteiger partial charge in [-0.05, 0) is 59.3 Å². The second-order valence-corrected chi connectivity index (χ2v) is 7.59. The van der Waals surface area contributed by atoms with Crippen LogP contribution in [0.2, 0.25) is 0 Å². The maximum Gasteiger partial charge on any atom is 0.194 e. The van der Waals surface area contributed by atoms with Gasteiger partial charge in [0.25, 0.3) is 0 Å². The number of halogens is 2. The molecule has 1 aromatic rings. The highest BCUT2D eigenvalue weighted by atomic mass is 19.1. The van der Waals surface area contributed by atoms with Gasteiger partial charge in [0.1, 0.15) is 11.6 Å². The fraction of sp³-hybridized carbons (Fsp3) is 0.667. The Bertz CT molecular complexity index is 627. The van der Waals surface area contributed by atoms with Crippen LogP contribution in [0, 0.1) is 11.6 Å². The van der Waals surface area contributed by atoms with Crippen LogP contribution in [0.3, 0.4) is 0 Å². The van der Waals surface area contributed by atoms with Crippen molar-refractivity contribution in [2.75, 3.05) is 57.8 Å². The molecule has 1 N–H and O–H groups in total. The summed E-state index contributed by atoms with van der Waals surface area (Å²) >= 11 is 0. The SMILES string of the molecule is CCNC(=NCCCCN(C)C(C)C)N1CCN(c2cc(F)ccc2F)CC1. The number of hydrogen-bond donors (Lipinski definition) is 1. The second kappa shape index (κ2) is 11.2. The molecule has 28 heavy (non-hydrogen) atoms. The maximum absolute atomic E-state index is 14.0. The number of benzene rings is 1. The van der Waals surface area contributed by atoms with E-state index < -0.39 is 5.82 Å². The Hall–Kier alpha value is -1.89. The largest absolute Gasteiger partial charge is 0.366 e. The standard InChI is InChI=1S/C21H35F2N5/c1-5-24-21(25-10-6-7-11-26(4)17(2)3)28-14-12-27(13-15-28)20-16-18(22)8-9-19(20)23/h8-9,16-17H,5-7,10-15H2,1-4H3,(H,24,25). The van der Waals surface area contributed by atoms with E-state index in [1.807, 2.05) is 4.90 Å². The zero-order valence-electron chi connectivity index (χ0n) is 17.7. The zero-order valence-corrected chi connectivity index (χ0v) is 17.7. The lowest BCUT2D eigenvalue weighted by atomic mass is 10.2. The van der Waals surface area contributed by atoms with Crippen molar-refractivity contribution in [3.05, 3.63) is 29.8 Å². The monoisotopic (exact) mass is 395 g/mol. The number of aliphatic imine (C=N–C) groups is 1. The quantitative estimate of drug-likeness (QED) is 0.417. The van der Waals surface area contributed by atoms with Gasteiger partial charge in [-0.2, -0.15) is 0 Å². The first-order valence-electron chi connectivity index (χ1n) is 10.4. The van der Waals surface area contributed by atoms with Crippen LogP contribution >= 0.6 is 0 Å². The van der Waals surface area contributed by atoms with E-state index in [1.54, 1.807) is 0 Å². The molecule has 0 bridgehead atoms. The van der Waals surface area contributed by atoms with Gasteiger partial charge in [-0.25, -0.2) is 8.78 Å². The molecule has 1 fully saturated rings. The number of anilines is 1. The number of piperazine rings is 1. The average molecular weight is 396 g/mol. The molecular formula is C21H35F2N5. The molecule has 0 aromatic heterocycles. The van der Waals surface area contributed by atoms with Crippen LogP contribution in [0.4, 0.5) is 14.5 Å². The minimum Gasteiger partial charge on any atom is -0.366 e. The molecule has 0 atom stereocenters. The van der Waals surface area contributed by atoms with Gasteiger partial charge in [0.2, 0.25) is 0 Å². The van der Waals surface area contributed by atoms with Crippen LogP contribution in [0.5, 0.6) is 0 Å². The fourth-order valence-electron chi connectivity index (χ4n) is 3.23. The molecule has 0 amide bonds.